The molecule has 4 nitrogen and oxygen atoms in total. The molecular formula is C13H10N2O2. The maximum Gasteiger partial charge on any atom is 0.238 e. The number of nitrogens with zero attached hydrogens (tertiary/aromatic N) is 1. The van der Waals surface area contributed by atoms with Crippen LogP contribution in [0, 0.1) is 11.3 Å². The number of nitriles is 1. The molecule has 1 amide bonds. The number of nitrogens with one attached hydrogen (secondary N) is 1. The van der Waals surface area contributed by atoms with Crippen LogP contribution in [0.4, 0.5) is 5.69 Å². The number of carbonyl (C=O) groups is 1. The molecule has 0 fully saturated rings. The number of aromatic hydroxyl groups is 1. The van der Waals surface area contributed by atoms with Crippen molar-refractivity contribution in [2.75, 3.05) is 5.32 Å². The van der Waals surface area contributed by atoms with Gasteiger partial charge in [-0.15, -0.1) is 0 Å². The summed E-state index contributed by atoms with van der Waals surface area (Å²) in [5, 5.41) is 22.2. The first-order chi connectivity index (χ1) is 8.20. The average Bonchev–Trinajstić information content (AvgIpc) is 2.30. The molecule has 0 aliphatic rings. The zero-order valence-corrected chi connectivity index (χ0v) is 8.97. The second kappa shape index (κ2) is 4.54. The number of carbonyl (C=O) groups excluding carboxylic acids is 1. The Bertz CT molecular complexity index is 614. The van der Waals surface area contributed by atoms with Gasteiger partial charge in [0.15, 0.2) is 0 Å². The summed E-state index contributed by atoms with van der Waals surface area (Å²) in [6.07, 6.45) is -0.185. The van der Waals surface area contributed by atoms with E-state index in [-0.39, 0.29) is 18.1 Å². The number of phenolic OH excluding ortho intramolecular Hbond substituents is 1. The summed E-state index contributed by atoms with van der Waals surface area (Å²) in [6, 6.07) is 12.1. The monoisotopic (exact) mass is 226 g/mol. The third kappa shape index (κ3) is 2.34. The highest BCUT2D eigenvalue weighted by Gasteiger charge is 2.05. The van der Waals surface area contributed by atoms with Gasteiger partial charge in [-0.05, 0) is 23.6 Å². The standard InChI is InChI=1S/C13H10N2O2/c14-7-6-13(17)15-12-3-1-2-9-4-5-10(16)8-11(9)12/h1-5,8,16H,6H2,(H,15,17). The zero-order chi connectivity index (χ0) is 12.3. The molecule has 84 valence electrons. The molecule has 0 saturated carbocycles. The van der Waals surface area contributed by atoms with Crippen LogP contribution in [0.3, 0.4) is 0 Å². The fourth-order valence-electron chi connectivity index (χ4n) is 1.64. The second-order valence-electron chi connectivity index (χ2n) is 3.59. The molecule has 0 aromatic heterocycles. The molecule has 2 N–H and O–H groups in total. The summed E-state index contributed by atoms with van der Waals surface area (Å²) >= 11 is 0. The number of benzene rings is 2. The first-order valence-corrected chi connectivity index (χ1v) is 5.09. The van der Waals surface area contributed by atoms with Crippen molar-refractivity contribution in [3.8, 4) is 11.8 Å². The van der Waals surface area contributed by atoms with Crippen molar-refractivity contribution in [2.24, 2.45) is 0 Å². The maximum atomic E-state index is 11.3. The fourth-order valence-corrected chi connectivity index (χ4v) is 1.64. The summed E-state index contributed by atoms with van der Waals surface area (Å²) in [5.74, 6) is -0.220. The minimum absolute atomic E-state index is 0.138. The van der Waals surface area contributed by atoms with Gasteiger partial charge in [-0.1, -0.05) is 18.2 Å². The van der Waals surface area contributed by atoms with E-state index in [0.717, 1.165) is 10.8 Å². The summed E-state index contributed by atoms with van der Waals surface area (Å²) in [5.41, 5.74) is 0.596. The van der Waals surface area contributed by atoms with E-state index in [1.165, 1.54) is 0 Å². The van der Waals surface area contributed by atoms with Crippen molar-refractivity contribution in [1.82, 2.24) is 0 Å². The maximum absolute atomic E-state index is 11.3. The lowest BCUT2D eigenvalue weighted by Gasteiger charge is -2.07. The molecule has 0 spiro atoms. The van der Waals surface area contributed by atoms with Crippen molar-refractivity contribution in [3.63, 3.8) is 0 Å². The number of anilines is 1. The third-order valence-electron chi connectivity index (χ3n) is 2.38. The Hall–Kier alpha value is -2.54. The van der Waals surface area contributed by atoms with Crippen molar-refractivity contribution in [3.05, 3.63) is 36.4 Å². The Morgan fingerprint density at radius 3 is 2.94 bits per heavy atom. The van der Waals surface area contributed by atoms with E-state index in [1.807, 2.05) is 6.07 Å². The van der Waals surface area contributed by atoms with Gasteiger partial charge in [-0.2, -0.15) is 5.26 Å². The lowest BCUT2D eigenvalue weighted by molar-refractivity contribution is -0.115. The van der Waals surface area contributed by atoms with Gasteiger partial charge in [-0.3, -0.25) is 4.79 Å². The molecule has 0 saturated heterocycles. The van der Waals surface area contributed by atoms with E-state index in [0.29, 0.717) is 5.69 Å². The van der Waals surface area contributed by atoms with Crippen molar-refractivity contribution in [1.29, 1.82) is 5.26 Å². The Labute approximate surface area is 98.1 Å². The molecule has 17 heavy (non-hydrogen) atoms. The Morgan fingerprint density at radius 1 is 1.35 bits per heavy atom. The van der Waals surface area contributed by atoms with Crippen LogP contribution in [-0.4, -0.2) is 11.0 Å². The van der Waals surface area contributed by atoms with Gasteiger partial charge >= 0.3 is 0 Å². The van der Waals surface area contributed by atoms with Crippen LogP contribution in [-0.2, 0) is 4.79 Å². The first-order valence-electron chi connectivity index (χ1n) is 5.09. The van der Waals surface area contributed by atoms with Crippen LogP contribution >= 0.6 is 0 Å². The Morgan fingerprint density at radius 2 is 2.18 bits per heavy atom. The molecule has 0 bridgehead atoms. The van der Waals surface area contributed by atoms with Crippen molar-refractivity contribution < 1.29 is 9.90 Å². The van der Waals surface area contributed by atoms with Gasteiger partial charge in [0.1, 0.15) is 12.2 Å². The zero-order valence-electron chi connectivity index (χ0n) is 8.97. The SMILES string of the molecule is N#CCC(=O)Nc1cccc2ccc(O)cc12. The van der Waals surface area contributed by atoms with Crippen LogP contribution in [0.2, 0.25) is 0 Å². The highest BCUT2D eigenvalue weighted by molar-refractivity contribution is 6.02. The molecule has 0 atom stereocenters. The molecular weight excluding hydrogens is 216 g/mol. The van der Waals surface area contributed by atoms with Crippen LogP contribution in [0.5, 0.6) is 5.75 Å². The van der Waals surface area contributed by atoms with Gasteiger partial charge in [0.25, 0.3) is 0 Å². The summed E-state index contributed by atoms with van der Waals surface area (Å²) in [7, 11) is 0. The van der Waals surface area contributed by atoms with E-state index in [9.17, 15) is 9.90 Å². The van der Waals surface area contributed by atoms with Crippen LogP contribution in [0.15, 0.2) is 36.4 Å². The van der Waals surface area contributed by atoms with E-state index in [4.69, 9.17) is 5.26 Å². The molecule has 2 aromatic carbocycles. The van der Waals surface area contributed by atoms with Crippen LogP contribution in [0.25, 0.3) is 10.8 Å². The van der Waals surface area contributed by atoms with Crippen molar-refractivity contribution >= 4 is 22.4 Å². The predicted octanol–water partition coefficient (Wildman–Crippen LogP) is 2.40. The lowest BCUT2D eigenvalue weighted by Crippen LogP contribution is -2.10. The third-order valence-corrected chi connectivity index (χ3v) is 2.38. The Kier molecular flexibility index (Phi) is 2.93. The summed E-state index contributed by atoms with van der Waals surface area (Å²) in [4.78, 5) is 11.3. The second-order valence-corrected chi connectivity index (χ2v) is 3.59. The normalized spacial score (nSPS) is 9.82. The number of hydrogen-bond donors (Lipinski definition) is 2. The number of rotatable bonds is 2. The van der Waals surface area contributed by atoms with Gasteiger partial charge in [-0.25, -0.2) is 0 Å². The molecule has 2 rings (SSSR count). The smallest absolute Gasteiger partial charge is 0.238 e. The fraction of sp³-hybridized carbons (Fsp3) is 0.0769. The minimum Gasteiger partial charge on any atom is -0.508 e. The van der Waals surface area contributed by atoms with Crippen LogP contribution in [0.1, 0.15) is 6.42 Å². The van der Waals surface area contributed by atoms with E-state index < -0.39 is 0 Å². The van der Waals surface area contributed by atoms with Gasteiger partial charge < -0.3 is 10.4 Å². The molecule has 0 aliphatic heterocycles. The molecule has 2 aromatic rings. The summed E-state index contributed by atoms with van der Waals surface area (Å²) in [6.45, 7) is 0. The lowest BCUT2D eigenvalue weighted by atomic mass is 10.1. The molecule has 0 heterocycles. The average molecular weight is 226 g/mol. The van der Waals surface area contributed by atoms with E-state index >= 15 is 0 Å². The van der Waals surface area contributed by atoms with Gasteiger partial charge in [0.2, 0.25) is 5.91 Å². The van der Waals surface area contributed by atoms with Crippen molar-refractivity contribution in [2.45, 2.75) is 6.42 Å². The largest absolute Gasteiger partial charge is 0.508 e. The highest BCUT2D eigenvalue weighted by atomic mass is 16.3. The highest BCUT2D eigenvalue weighted by Crippen LogP contribution is 2.26. The predicted molar refractivity (Wildman–Crippen MR) is 64.5 cm³/mol. The summed E-state index contributed by atoms with van der Waals surface area (Å²) < 4.78 is 0. The van der Waals surface area contributed by atoms with E-state index in [2.05, 4.69) is 5.32 Å². The topological polar surface area (TPSA) is 73.1 Å². The molecule has 0 unspecified atom stereocenters. The first kappa shape index (κ1) is 11.0. The van der Waals surface area contributed by atoms with Gasteiger partial charge in [0.05, 0.1) is 6.07 Å². The minimum atomic E-state index is -0.358. The molecule has 0 radical (unpaired) electrons. The molecule has 4 heteroatoms. The number of phenols is 1. The van der Waals surface area contributed by atoms with E-state index in [1.54, 1.807) is 36.4 Å². The van der Waals surface area contributed by atoms with Gasteiger partial charge in [0, 0.05) is 11.1 Å². The molecule has 0 aliphatic carbocycles. The van der Waals surface area contributed by atoms with Crippen LogP contribution < -0.4 is 5.32 Å². The quantitative estimate of drug-likeness (QED) is 0.825. The Balaban J connectivity index is 2.43. The number of hydrogen-bond acceptors (Lipinski definition) is 3. The number of fused-ring (bicyclic) bond motifs is 1. The number of amides is 1.